The fourth-order valence-electron chi connectivity index (χ4n) is 2.22. The molecule has 0 bridgehead atoms. The standard InChI is InChI=1S/C18H16FN3OS/c1-12-16(10-17(23)21-11-13-6-8-20-9-7-13)24-18(22-12)14-2-4-15(19)5-3-14/h2-9H,10-11H2,1H3,(H,21,23). The van der Waals surface area contributed by atoms with Gasteiger partial charge in [-0.3, -0.25) is 9.78 Å². The Hall–Kier alpha value is -2.60. The Bertz CT molecular complexity index is 831. The summed E-state index contributed by atoms with van der Waals surface area (Å²) in [6.07, 6.45) is 3.68. The van der Waals surface area contributed by atoms with E-state index in [4.69, 9.17) is 0 Å². The smallest absolute Gasteiger partial charge is 0.225 e. The second-order valence-corrected chi connectivity index (χ2v) is 6.43. The van der Waals surface area contributed by atoms with E-state index in [1.807, 2.05) is 19.1 Å². The number of hydrogen-bond acceptors (Lipinski definition) is 4. The monoisotopic (exact) mass is 341 g/mol. The largest absolute Gasteiger partial charge is 0.352 e. The van der Waals surface area contributed by atoms with Gasteiger partial charge in [-0.25, -0.2) is 9.37 Å². The SMILES string of the molecule is Cc1nc(-c2ccc(F)cc2)sc1CC(=O)NCc1ccncc1. The second-order valence-electron chi connectivity index (χ2n) is 5.34. The van der Waals surface area contributed by atoms with E-state index in [2.05, 4.69) is 15.3 Å². The first-order valence-electron chi connectivity index (χ1n) is 7.49. The van der Waals surface area contributed by atoms with E-state index in [9.17, 15) is 9.18 Å². The summed E-state index contributed by atoms with van der Waals surface area (Å²) in [4.78, 5) is 21.5. The number of carbonyl (C=O) groups excluding carboxylic acids is 1. The number of pyridine rings is 1. The molecule has 0 aliphatic heterocycles. The van der Waals surface area contributed by atoms with E-state index in [1.165, 1.54) is 23.5 Å². The summed E-state index contributed by atoms with van der Waals surface area (Å²) >= 11 is 1.46. The van der Waals surface area contributed by atoms with E-state index in [1.54, 1.807) is 24.5 Å². The number of halogens is 1. The van der Waals surface area contributed by atoms with Crippen molar-refractivity contribution >= 4 is 17.2 Å². The van der Waals surface area contributed by atoms with Gasteiger partial charge in [-0.15, -0.1) is 11.3 Å². The van der Waals surface area contributed by atoms with Crippen molar-refractivity contribution in [2.45, 2.75) is 19.9 Å². The van der Waals surface area contributed by atoms with Crippen LogP contribution >= 0.6 is 11.3 Å². The van der Waals surface area contributed by atoms with Crippen LogP contribution < -0.4 is 5.32 Å². The summed E-state index contributed by atoms with van der Waals surface area (Å²) < 4.78 is 13.0. The van der Waals surface area contributed by atoms with Gasteiger partial charge in [0, 0.05) is 29.4 Å². The van der Waals surface area contributed by atoms with Gasteiger partial charge in [0.25, 0.3) is 0 Å². The maximum atomic E-state index is 13.0. The molecule has 1 amide bonds. The van der Waals surface area contributed by atoms with E-state index < -0.39 is 0 Å². The summed E-state index contributed by atoms with van der Waals surface area (Å²) in [7, 11) is 0. The molecule has 4 nitrogen and oxygen atoms in total. The molecule has 0 aliphatic carbocycles. The van der Waals surface area contributed by atoms with Crippen LogP contribution in [0.2, 0.25) is 0 Å². The Morgan fingerprint density at radius 3 is 2.58 bits per heavy atom. The lowest BCUT2D eigenvalue weighted by Gasteiger charge is -2.04. The van der Waals surface area contributed by atoms with Crippen molar-refractivity contribution in [2.75, 3.05) is 0 Å². The van der Waals surface area contributed by atoms with Crippen molar-refractivity contribution < 1.29 is 9.18 Å². The van der Waals surface area contributed by atoms with Gasteiger partial charge in [0.1, 0.15) is 10.8 Å². The first-order valence-corrected chi connectivity index (χ1v) is 8.31. The van der Waals surface area contributed by atoms with Crippen molar-refractivity contribution in [2.24, 2.45) is 0 Å². The Balaban J connectivity index is 1.65. The Morgan fingerprint density at radius 1 is 1.17 bits per heavy atom. The molecule has 3 rings (SSSR count). The van der Waals surface area contributed by atoms with Crippen LogP contribution in [0, 0.1) is 12.7 Å². The van der Waals surface area contributed by atoms with Crippen LogP contribution in [0.5, 0.6) is 0 Å². The Kier molecular flexibility index (Phi) is 4.96. The number of amides is 1. The maximum absolute atomic E-state index is 13.0. The zero-order valence-electron chi connectivity index (χ0n) is 13.1. The number of aryl methyl sites for hydroxylation is 1. The predicted octanol–water partition coefficient (Wildman–Crippen LogP) is 3.51. The number of nitrogens with one attached hydrogen (secondary N) is 1. The normalized spacial score (nSPS) is 10.6. The highest BCUT2D eigenvalue weighted by Gasteiger charge is 2.13. The van der Waals surface area contributed by atoms with Crippen molar-refractivity contribution in [1.29, 1.82) is 0 Å². The lowest BCUT2D eigenvalue weighted by atomic mass is 10.2. The molecule has 3 aromatic rings. The molecular formula is C18H16FN3OS. The van der Waals surface area contributed by atoms with Crippen LogP contribution in [-0.2, 0) is 17.8 Å². The predicted molar refractivity (Wildman–Crippen MR) is 92.0 cm³/mol. The van der Waals surface area contributed by atoms with Crippen LogP contribution in [0.4, 0.5) is 4.39 Å². The van der Waals surface area contributed by atoms with Gasteiger partial charge < -0.3 is 5.32 Å². The molecule has 0 aliphatic rings. The summed E-state index contributed by atoms with van der Waals surface area (Å²) in [5, 5.41) is 3.69. The molecule has 2 aromatic heterocycles. The summed E-state index contributed by atoms with van der Waals surface area (Å²) in [6.45, 7) is 2.36. The molecule has 0 fully saturated rings. The third kappa shape index (κ3) is 4.02. The van der Waals surface area contributed by atoms with E-state index >= 15 is 0 Å². The molecule has 0 spiro atoms. The highest BCUT2D eigenvalue weighted by molar-refractivity contribution is 7.15. The third-order valence-corrected chi connectivity index (χ3v) is 4.75. The minimum atomic E-state index is -0.275. The topological polar surface area (TPSA) is 54.9 Å². The van der Waals surface area contributed by atoms with E-state index in [-0.39, 0.29) is 18.1 Å². The number of hydrogen-bond donors (Lipinski definition) is 1. The first kappa shape index (κ1) is 16.3. The number of benzene rings is 1. The van der Waals surface area contributed by atoms with Crippen LogP contribution in [0.25, 0.3) is 10.6 Å². The minimum Gasteiger partial charge on any atom is -0.352 e. The highest BCUT2D eigenvalue weighted by atomic mass is 32.1. The average Bonchev–Trinajstić information content (AvgIpc) is 2.95. The molecule has 122 valence electrons. The zero-order valence-corrected chi connectivity index (χ0v) is 13.9. The van der Waals surface area contributed by atoms with Crippen LogP contribution in [0.15, 0.2) is 48.8 Å². The molecule has 0 saturated heterocycles. The zero-order chi connectivity index (χ0) is 16.9. The molecule has 0 radical (unpaired) electrons. The van der Waals surface area contributed by atoms with Gasteiger partial charge >= 0.3 is 0 Å². The van der Waals surface area contributed by atoms with Gasteiger partial charge in [0.05, 0.1) is 12.1 Å². The van der Waals surface area contributed by atoms with Crippen molar-refractivity contribution in [3.05, 3.63) is 70.7 Å². The molecular weight excluding hydrogens is 325 g/mol. The molecule has 0 atom stereocenters. The van der Waals surface area contributed by atoms with Crippen molar-refractivity contribution in [3.63, 3.8) is 0 Å². The average molecular weight is 341 g/mol. The molecule has 6 heteroatoms. The van der Waals surface area contributed by atoms with Gasteiger partial charge in [-0.05, 0) is 48.9 Å². The molecule has 1 aromatic carbocycles. The molecule has 1 N–H and O–H groups in total. The van der Waals surface area contributed by atoms with Crippen LogP contribution in [0.1, 0.15) is 16.1 Å². The van der Waals surface area contributed by atoms with Gasteiger partial charge in [-0.2, -0.15) is 0 Å². The van der Waals surface area contributed by atoms with E-state index in [0.29, 0.717) is 6.54 Å². The fourth-order valence-corrected chi connectivity index (χ4v) is 3.28. The number of carbonyl (C=O) groups is 1. The second kappa shape index (κ2) is 7.31. The molecule has 0 saturated carbocycles. The highest BCUT2D eigenvalue weighted by Crippen LogP contribution is 2.28. The lowest BCUT2D eigenvalue weighted by Crippen LogP contribution is -2.24. The summed E-state index contributed by atoms with van der Waals surface area (Å²) in [6, 6.07) is 9.94. The van der Waals surface area contributed by atoms with Crippen LogP contribution in [-0.4, -0.2) is 15.9 Å². The third-order valence-electron chi connectivity index (χ3n) is 3.54. The van der Waals surface area contributed by atoms with Gasteiger partial charge in [0.2, 0.25) is 5.91 Å². The Morgan fingerprint density at radius 2 is 1.88 bits per heavy atom. The number of aromatic nitrogens is 2. The van der Waals surface area contributed by atoms with Gasteiger partial charge in [0.15, 0.2) is 0 Å². The summed E-state index contributed by atoms with van der Waals surface area (Å²) in [5.74, 6) is -0.327. The first-order chi connectivity index (χ1) is 11.6. The Labute approximate surface area is 143 Å². The quantitative estimate of drug-likeness (QED) is 0.773. The number of rotatable bonds is 5. The minimum absolute atomic E-state index is 0.0516. The maximum Gasteiger partial charge on any atom is 0.225 e. The van der Waals surface area contributed by atoms with Gasteiger partial charge in [-0.1, -0.05) is 0 Å². The number of thiazole rings is 1. The number of nitrogens with zero attached hydrogens (tertiary/aromatic N) is 2. The molecule has 24 heavy (non-hydrogen) atoms. The fraction of sp³-hybridized carbons (Fsp3) is 0.167. The van der Waals surface area contributed by atoms with Crippen LogP contribution in [0.3, 0.4) is 0 Å². The van der Waals surface area contributed by atoms with Crippen molar-refractivity contribution in [1.82, 2.24) is 15.3 Å². The molecule has 0 unspecified atom stereocenters. The van der Waals surface area contributed by atoms with Crippen molar-refractivity contribution in [3.8, 4) is 10.6 Å². The lowest BCUT2D eigenvalue weighted by molar-refractivity contribution is -0.120. The summed E-state index contributed by atoms with van der Waals surface area (Å²) in [5.41, 5.74) is 2.69. The molecule has 2 heterocycles. The van der Waals surface area contributed by atoms with E-state index in [0.717, 1.165) is 26.7 Å².